The van der Waals surface area contributed by atoms with E-state index in [2.05, 4.69) is 10.3 Å². The van der Waals surface area contributed by atoms with Crippen molar-refractivity contribution in [1.29, 1.82) is 0 Å². The molecular weight excluding hydrogens is 328 g/mol. The highest BCUT2D eigenvalue weighted by molar-refractivity contribution is 7.09. The summed E-state index contributed by atoms with van der Waals surface area (Å²) in [5.74, 6) is -0.651. The molecular formula is C16H20N4O3S. The van der Waals surface area contributed by atoms with E-state index in [1.54, 1.807) is 27.1 Å². The van der Waals surface area contributed by atoms with Crippen molar-refractivity contribution < 1.29 is 14.7 Å². The predicted molar refractivity (Wildman–Crippen MR) is 88.9 cm³/mol. The van der Waals surface area contributed by atoms with Crippen LogP contribution in [-0.4, -0.2) is 50.0 Å². The molecule has 7 nitrogen and oxygen atoms in total. The van der Waals surface area contributed by atoms with Gasteiger partial charge in [0.05, 0.1) is 12.7 Å². The highest BCUT2D eigenvalue weighted by Gasteiger charge is 2.26. The number of carboxylic acids is 1. The summed E-state index contributed by atoms with van der Waals surface area (Å²) >= 11 is 1.64. The molecule has 3 rings (SSSR count). The molecule has 8 heteroatoms. The Morgan fingerprint density at radius 1 is 1.42 bits per heavy atom. The molecule has 1 aliphatic heterocycles. The van der Waals surface area contributed by atoms with Crippen LogP contribution >= 0.6 is 11.3 Å². The third kappa shape index (κ3) is 4.19. The zero-order chi connectivity index (χ0) is 16.9. The van der Waals surface area contributed by atoms with Gasteiger partial charge in [-0.3, -0.25) is 9.59 Å². The number of amides is 1. The number of likely N-dealkylation sites (tertiary alicyclic amines) is 1. The first-order valence-electron chi connectivity index (χ1n) is 8.05. The monoisotopic (exact) mass is 348 g/mol. The van der Waals surface area contributed by atoms with Crippen LogP contribution in [0.3, 0.4) is 0 Å². The number of aliphatic carboxylic acids is 1. The summed E-state index contributed by atoms with van der Waals surface area (Å²) in [5, 5.41) is 18.8. The number of aromatic nitrogens is 3. The Morgan fingerprint density at radius 3 is 3.04 bits per heavy atom. The summed E-state index contributed by atoms with van der Waals surface area (Å²) in [5.41, 5.74) is 0.352. The molecule has 2 aromatic rings. The second kappa shape index (κ2) is 7.57. The quantitative estimate of drug-likeness (QED) is 0.864. The summed E-state index contributed by atoms with van der Waals surface area (Å²) < 4.78 is 1.67. The second-order valence-electron chi connectivity index (χ2n) is 6.07. The molecule has 3 heterocycles. The van der Waals surface area contributed by atoms with Gasteiger partial charge in [0.25, 0.3) is 5.91 Å². The van der Waals surface area contributed by atoms with Gasteiger partial charge in [-0.15, -0.1) is 16.4 Å². The highest BCUT2D eigenvalue weighted by atomic mass is 32.1. The molecule has 1 N–H and O–H groups in total. The first-order valence-corrected chi connectivity index (χ1v) is 8.93. The molecule has 2 aromatic heterocycles. The minimum absolute atomic E-state index is 0.118. The predicted octanol–water partition coefficient (Wildman–Crippen LogP) is 2.10. The average Bonchev–Trinajstić information content (AvgIpc) is 3.25. The third-order valence-electron chi connectivity index (χ3n) is 4.23. The number of piperidine rings is 1. The molecule has 1 saturated heterocycles. The molecule has 0 bridgehead atoms. The Hall–Kier alpha value is -2.22. The van der Waals surface area contributed by atoms with E-state index in [1.807, 2.05) is 17.5 Å². The fourth-order valence-corrected chi connectivity index (χ4v) is 3.71. The third-order valence-corrected chi connectivity index (χ3v) is 5.09. The maximum Gasteiger partial charge on any atom is 0.303 e. The van der Waals surface area contributed by atoms with Crippen molar-refractivity contribution in [2.24, 2.45) is 5.92 Å². The SMILES string of the molecule is O=C(O)CC[C@H]1CCCN(C(=O)c2cn(Cc3cccs3)nn2)C1. The number of hydrogen-bond donors (Lipinski definition) is 1. The lowest BCUT2D eigenvalue weighted by molar-refractivity contribution is -0.137. The van der Waals surface area contributed by atoms with Gasteiger partial charge in [-0.25, -0.2) is 4.68 Å². The van der Waals surface area contributed by atoms with Crippen LogP contribution in [0.1, 0.15) is 41.0 Å². The molecule has 0 saturated carbocycles. The Balaban J connectivity index is 1.59. The summed E-state index contributed by atoms with van der Waals surface area (Å²) in [6.07, 6.45) is 4.33. The van der Waals surface area contributed by atoms with Gasteiger partial charge in [0.1, 0.15) is 0 Å². The largest absolute Gasteiger partial charge is 0.481 e. The van der Waals surface area contributed by atoms with Gasteiger partial charge in [0.2, 0.25) is 0 Å². The topological polar surface area (TPSA) is 88.3 Å². The van der Waals surface area contributed by atoms with Crippen molar-refractivity contribution in [2.75, 3.05) is 13.1 Å². The molecule has 0 radical (unpaired) electrons. The van der Waals surface area contributed by atoms with Gasteiger partial charge in [-0.2, -0.15) is 0 Å². The van der Waals surface area contributed by atoms with Crippen molar-refractivity contribution in [3.05, 3.63) is 34.3 Å². The normalized spacial score (nSPS) is 17.8. The van der Waals surface area contributed by atoms with E-state index >= 15 is 0 Å². The molecule has 0 unspecified atom stereocenters. The van der Waals surface area contributed by atoms with E-state index in [4.69, 9.17) is 5.11 Å². The lowest BCUT2D eigenvalue weighted by Crippen LogP contribution is -2.40. The molecule has 1 amide bonds. The van der Waals surface area contributed by atoms with Crippen molar-refractivity contribution >= 4 is 23.2 Å². The molecule has 1 atom stereocenters. The van der Waals surface area contributed by atoms with Crippen LogP contribution in [0.2, 0.25) is 0 Å². The minimum atomic E-state index is -0.782. The molecule has 0 spiro atoms. The Labute approximate surface area is 143 Å². The van der Waals surface area contributed by atoms with Gasteiger partial charge in [-0.1, -0.05) is 11.3 Å². The van der Waals surface area contributed by atoms with Crippen LogP contribution in [0.5, 0.6) is 0 Å². The number of carboxylic acid groups (broad SMARTS) is 1. The van der Waals surface area contributed by atoms with Crippen LogP contribution in [0.15, 0.2) is 23.7 Å². The Bertz CT molecular complexity index is 698. The number of rotatable bonds is 6. The molecule has 128 valence electrons. The molecule has 1 aliphatic rings. The van der Waals surface area contributed by atoms with Gasteiger partial charge >= 0.3 is 5.97 Å². The maximum absolute atomic E-state index is 12.6. The van der Waals surface area contributed by atoms with E-state index in [-0.39, 0.29) is 18.2 Å². The Kier molecular flexibility index (Phi) is 5.24. The lowest BCUT2D eigenvalue weighted by atomic mass is 9.93. The van der Waals surface area contributed by atoms with Crippen LogP contribution in [0, 0.1) is 5.92 Å². The number of thiophene rings is 1. The number of nitrogens with zero attached hydrogens (tertiary/aromatic N) is 4. The maximum atomic E-state index is 12.6. The van der Waals surface area contributed by atoms with Crippen LogP contribution < -0.4 is 0 Å². The van der Waals surface area contributed by atoms with Gasteiger partial charge in [0, 0.05) is 24.4 Å². The van der Waals surface area contributed by atoms with E-state index in [1.165, 1.54) is 0 Å². The van der Waals surface area contributed by atoms with Gasteiger partial charge in [0.15, 0.2) is 5.69 Å². The molecule has 0 aromatic carbocycles. The van der Waals surface area contributed by atoms with Crippen molar-refractivity contribution in [1.82, 2.24) is 19.9 Å². The highest BCUT2D eigenvalue weighted by Crippen LogP contribution is 2.22. The number of carbonyl (C=O) groups excluding carboxylic acids is 1. The smallest absolute Gasteiger partial charge is 0.303 e. The molecule has 1 fully saturated rings. The number of carbonyl (C=O) groups is 2. The van der Waals surface area contributed by atoms with Crippen LogP contribution in [0.4, 0.5) is 0 Å². The van der Waals surface area contributed by atoms with Crippen molar-refractivity contribution in [3.8, 4) is 0 Å². The molecule has 0 aliphatic carbocycles. The van der Waals surface area contributed by atoms with Gasteiger partial charge < -0.3 is 10.0 Å². The fourth-order valence-electron chi connectivity index (χ4n) is 3.01. The molecule has 24 heavy (non-hydrogen) atoms. The minimum Gasteiger partial charge on any atom is -0.481 e. The lowest BCUT2D eigenvalue weighted by Gasteiger charge is -2.32. The summed E-state index contributed by atoms with van der Waals surface area (Å²) in [6, 6.07) is 4.00. The summed E-state index contributed by atoms with van der Waals surface area (Å²) in [4.78, 5) is 26.2. The fraction of sp³-hybridized carbons (Fsp3) is 0.500. The van der Waals surface area contributed by atoms with Crippen LogP contribution in [0.25, 0.3) is 0 Å². The van der Waals surface area contributed by atoms with Crippen molar-refractivity contribution in [2.45, 2.75) is 32.2 Å². The summed E-state index contributed by atoms with van der Waals surface area (Å²) in [6.45, 7) is 1.91. The Morgan fingerprint density at radius 2 is 2.29 bits per heavy atom. The van der Waals surface area contributed by atoms with Gasteiger partial charge in [-0.05, 0) is 36.6 Å². The average molecular weight is 348 g/mol. The van der Waals surface area contributed by atoms with Crippen molar-refractivity contribution in [3.63, 3.8) is 0 Å². The zero-order valence-electron chi connectivity index (χ0n) is 13.3. The van der Waals surface area contributed by atoms with E-state index < -0.39 is 5.97 Å². The standard InChI is InChI=1S/C16H20N4O3S/c21-15(22)6-5-12-3-1-7-19(9-12)16(23)14-11-20(18-17-14)10-13-4-2-8-24-13/h2,4,8,11-12H,1,3,5-7,9-10H2,(H,21,22)/t12-/m1/s1. The van der Waals surface area contributed by atoms with E-state index in [0.717, 1.165) is 17.7 Å². The van der Waals surface area contributed by atoms with Crippen LogP contribution in [-0.2, 0) is 11.3 Å². The first-order chi connectivity index (χ1) is 11.6. The second-order valence-corrected chi connectivity index (χ2v) is 7.10. The van der Waals surface area contributed by atoms with E-state index in [9.17, 15) is 9.59 Å². The zero-order valence-corrected chi connectivity index (χ0v) is 14.1. The number of hydrogen-bond acceptors (Lipinski definition) is 5. The first kappa shape index (κ1) is 16.6. The van der Waals surface area contributed by atoms with E-state index in [0.29, 0.717) is 31.7 Å². The summed E-state index contributed by atoms with van der Waals surface area (Å²) in [7, 11) is 0.